The molecule has 0 spiro atoms. The standard InChI is InChI=1S/C23H20Cl2O3S/c1-3-18-7-11-23(29-18)20(26)8-4-15-5-9-21(27-2)16(12-15)14-28-22-10-6-17(24)13-19(22)25/h4-13H,3,14H2,1-2H3/b8-4+. The number of benzene rings is 2. The van der Waals surface area contributed by atoms with Gasteiger partial charge in [0.1, 0.15) is 18.1 Å². The molecule has 0 aliphatic heterocycles. The normalized spacial score (nSPS) is 11.0. The molecule has 2 aromatic carbocycles. The van der Waals surface area contributed by atoms with E-state index in [4.69, 9.17) is 32.7 Å². The number of halogens is 2. The van der Waals surface area contributed by atoms with Crippen molar-refractivity contribution < 1.29 is 14.3 Å². The molecular formula is C23H20Cl2O3S. The highest BCUT2D eigenvalue weighted by atomic mass is 35.5. The van der Waals surface area contributed by atoms with Crippen LogP contribution in [0.5, 0.6) is 11.5 Å². The Labute approximate surface area is 184 Å². The molecule has 0 atom stereocenters. The Kier molecular flexibility index (Phi) is 7.37. The Hall–Kier alpha value is -2.27. The lowest BCUT2D eigenvalue weighted by atomic mass is 10.1. The third-order valence-electron chi connectivity index (χ3n) is 4.26. The van der Waals surface area contributed by atoms with E-state index in [1.54, 1.807) is 37.5 Å². The maximum Gasteiger partial charge on any atom is 0.195 e. The number of methoxy groups -OCH3 is 1. The van der Waals surface area contributed by atoms with Crippen LogP contribution in [0.15, 0.2) is 54.6 Å². The van der Waals surface area contributed by atoms with E-state index in [-0.39, 0.29) is 12.4 Å². The quantitative estimate of drug-likeness (QED) is 0.273. The zero-order chi connectivity index (χ0) is 20.8. The molecule has 29 heavy (non-hydrogen) atoms. The summed E-state index contributed by atoms with van der Waals surface area (Å²) in [4.78, 5) is 14.3. The summed E-state index contributed by atoms with van der Waals surface area (Å²) in [6.45, 7) is 2.35. The first-order valence-corrected chi connectivity index (χ1v) is 10.6. The fourth-order valence-corrected chi connectivity index (χ4v) is 4.05. The van der Waals surface area contributed by atoms with Crippen LogP contribution in [0, 0.1) is 0 Å². The van der Waals surface area contributed by atoms with E-state index in [1.165, 1.54) is 16.2 Å². The first kappa shape index (κ1) is 21.4. The first-order chi connectivity index (χ1) is 14.0. The topological polar surface area (TPSA) is 35.5 Å². The first-order valence-electron chi connectivity index (χ1n) is 9.06. The minimum Gasteiger partial charge on any atom is -0.496 e. The van der Waals surface area contributed by atoms with Crippen LogP contribution >= 0.6 is 34.5 Å². The molecule has 0 N–H and O–H groups in total. The van der Waals surface area contributed by atoms with E-state index in [0.717, 1.165) is 22.4 Å². The van der Waals surface area contributed by atoms with Crippen molar-refractivity contribution in [1.82, 2.24) is 0 Å². The number of thiophene rings is 1. The van der Waals surface area contributed by atoms with Gasteiger partial charge < -0.3 is 9.47 Å². The highest BCUT2D eigenvalue weighted by molar-refractivity contribution is 7.14. The van der Waals surface area contributed by atoms with Crippen molar-refractivity contribution in [3.8, 4) is 11.5 Å². The number of carbonyl (C=O) groups is 1. The number of hydrogen-bond acceptors (Lipinski definition) is 4. The maximum absolute atomic E-state index is 12.4. The predicted molar refractivity (Wildman–Crippen MR) is 121 cm³/mol. The average Bonchev–Trinajstić information content (AvgIpc) is 3.21. The minimum absolute atomic E-state index is 0.00346. The number of ether oxygens (including phenoxy) is 2. The molecule has 3 aromatic rings. The van der Waals surface area contributed by atoms with Crippen LogP contribution in [-0.4, -0.2) is 12.9 Å². The summed E-state index contributed by atoms with van der Waals surface area (Å²) < 4.78 is 11.3. The SMILES string of the molecule is CCc1ccc(C(=O)/C=C/c2ccc(OC)c(COc3ccc(Cl)cc3Cl)c2)s1. The lowest BCUT2D eigenvalue weighted by Crippen LogP contribution is -2.00. The number of rotatable bonds is 8. The van der Waals surface area contributed by atoms with E-state index < -0.39 is 0 Å². The lowest BCUT2D eigenvalue weighted by Gasteiger charge is -2.12. The summed E-state index contributed by atoms with van der Waals surface area (Å²) in [5.41, 5.74) is 1.73. The third-order valence-corrected chi connectivity index (χ3v) is 6.04. The zero-order valence-electron chi connectivity index (χ0n) is 16.1. The second kappa shape index (κ2) is 9.97. The molecule has 1 heterocycles. The van der Waals surface area contributed by atoms with Crippen LogP contribution in [0.2, 0.25) is 10.0 Å². The van der Waals surface area contributed by atoms with Gasteiger partial charge in [-0.2, -0.15) is 0 Å². The van der Waals surface area contributed by atoms with Crippen LogP contribution in [-0.2, 0) is 13.0 Å². The van der Waals surface area contributed by atoms with Crippen molar-refractivity contribution in [2.45, 2.75) is 20.0 Å². The highest BCUT2D eigenvalue weighted by Crippen LogP contribution is 2.30. The molecule has 0 unspecified atom stereocenters. The van der Waals surface area contributed by atoms with Gasteiger partial charge in [-0.3, -0.25) is 4.79 Å². The van der Waals surface area contributed by atoms with Gasteiger partial charge in [0.2, 0.25) is 0 Å². The van der Waals surface area contributed by atoms with Gasteiger partial charge in [0, 0.05) is 15.5 Å². The van der Waals surface area contributed by atoms with Crippen molar-refractivity contribution in [3.63, 3.8) is 0 Å². The van der Waals surface area contributed by atoms with Crippen LogP contribution in [0.25, 0.3) is 6.08 Å². The van der Waals surface area contributed by atoms with E-state index in [1.807, 2.05) is 30.3 Å². The Morgan fingerprint density at radius 3 is 2.55 bits per heavy atom. The fraction of sp³-hybridized carbons (Fsp3) is 0.174. The minimum atomic E-state index is -0.00346. The van der Waals surface area contributed by atoms with Crippen molar-refractivity contribution in [2.75, 3.05) is 7.11 Å². The molecule has 3 nitrogen and oxygen atoms in total. The maximum atomic E-state index is 12.4. The number of ketones is 1. The molecule has 6 heteroatoms. The monoisotopic (exact) mass is 446 g/mol. The number of carbonyl (C=O) groups excluding carboxylic acids is 1. The molecule has 3 rings (SSSR count). The van der Waals surface area contributed by atoms with Crippen molar-refractivity contribution in [1.29, 1.82) is 0 Å². The van der Waals surface area contributed by atoms with Gasteiger partial charge in [-0.05, 0) is 60.5 Å². The summed E-state index contributed by atoms with van der Waals surface area (Å²) in [6, 6.07) is 14.6. The van der Waals surface area contributed by atoms with Crippen molar-refractivity contribution >= 4 is 46.4 Å². The molecule has 0 saturated heterocycles. The molecule has 0 radical (unpaired) electrons. The third kappa shape index (κ3) is 5.63. The van der Waals surface area contributed by atoms with Gasteiger partial charge in [0.15, 0.2) is 5.78 Å². The molecule has 150 valence electrons. The van der Waals surface area contributed by atoms with Gasteiger partial charge >= 0.3 is 0 Å². The molecule has 0 aliphatic carbocycles. The van der Waals surface area contributed by atoms with Crippen LogP contribution in [0.4, 0.5) is 0 Å². The average molecular weight is 447 g/mol. The summed E-state index contributed by atoms with van der Waals surface area (Å²) >= 11 is 13.6. The van der Waals surface area contributed by atoms with E-state index in [2.05, 4.69) is 6.92 Å². The number of aryl methyl sites for hydroxylation is 1. The molecule has 0 fully saturated rings. The van der Waals surface area contributed by atoms with E-state index in [0.29, 0.717) is 21.5 Å². The van der Waals surface area contributed by atoms with Crippen LogP contribution in [0.3, 0.4) is 0 Å². The Bertz CT molecular complexity index is 1040. The molecule has 1 aromatic heterocycles. The second-order valence-corrected chi connectivity index (χ2v) is 8.26. The lowest BCUT2D eigenvalue weighted by molar-refractivity contribution is 0.105. The van der Waals surface area contributed by atoms with Gasteiger partial charge in [0.25, 0.3) is 0 Å². The predicted octanol–water partition coefficient (Wildman–Crippen LogP) is 7.10. The summed E-state index contributed by atoms with van der Waals surface area (Å²) in [7, 11) is 1.61. The Balaban J connectivity index is 1.74. The van der Waals surface area contributed by atoms with Gasteiger partial charge in [-0.1, -0.05) is 42.3 Å². The Morgan fingerprint density at radius 1 is 1.07 bits per heavy atom. The number of allylic oxidation sites excluding steroid dienone is 1. The molecule has 0 bridgehead atoms. The largest absolute Gasteiger partial charge is 0.496 e. The molecule has 0 amide bonds. The van der Waals surface area contributed by atoms with Crippen molar-refractivity contribution in [3.05, 3.63) is 85.5 Å². The second-order valence-electron chi connectivity index (χ2n) is 6.25. The fourth-order valence-electron chi connectivity index (χ4n) is 2.72. The van der Waals surface area contributed by atoms with Crippen LogP contribution in [0.1, 0.15) is 32.6 Å². The molecule has 0 saturated carbocycles. The summed E-state index contributed by atoms with van der Waals surface area (Å²) in [6.07, 6.45) is 4.32. The summed E-state index contributed by atoms with van der Waals surface area (Å²) in [5, 5.41) is 0.994. The molecular weight excluding hydrogens is 427 g/mol. The summed E-state index contributed by atoms with van der Waals surface area (Å²) in [5.74, 6) is 1.24. The van der Waals surface area contributed by atoms with Crippen LogP contribution < -0.4 is 9.47 Å². The van der Waals surface area contributed by atoms with Gasteiger partial charge in [-0.15, -0.1) is 11.3 Å². The zero-order valence-corrected chi connectivity index (χ0v) is 18.4. The van der Waals surface area contributed by atoms with Gasteiger partial charge in [-0.25, -0.2) is 0 Å². The van der Waals surface area contributed by atoms with E-state index >= 15 is 0 Å². The Morgan fingerprint density at radius 2 is 1.86 bits per heavy atom. The van der Waals surface area contributed by atoms with Crippen molar-refractivity contribution in [2.24, 2.45) is 0 Å². The van der Waals surface area contributed by atoms with E-state index in [9.17, 15) is 4.79 Å². The number of hydrogen-bond donors (Lipinski definition) is 0. The molecule has 0 aliphatic rings. The smallest absolute Gasteiger partial charge is 0.195 e. The highest BCUT2D eigenvalue weighted by Gasteiger charge is 2.09. The van der Waals surface area contributed by atoms with Gasteiger partial charge in [0.05, 0.1) is 17.0 Å².